The summed E-state index contributed by atoms with van der Waals surface area (Å²) in [7, 11) is 0. The molecule has 2 amide bonds. The van der Waals surface area contributed by atoms with Crippen LogP contribution in [0.25, 0.3) is 0 Å². The lowest BCUT2D eigenvalue weighted by molar-refractivity contribution is -0.141. The zero-order chi connectivity index (χ0) is 29.0. The average Bonchev–Trinajstić information content (AvgIpc) is 3.43. The predicted octanol–water partition coefficient (Wildman–Crippen LogP) is 0.252. The third-order valence-corrected chi connectivity index (χ3v) is 10.5. The van der Waals surface area contributed by atoms with Crippen molar-refractivity contribution in [2.45, 2.75) is 94.4 Å². The van der Waals surface area contributed by atoms with Crippen molar-refractivity contribution < 1.29 is 23.1 Å². The van der Waals surface area contributed by atoms with Crippen LogP contribution in [0.5, 0.6) is 0 Å². The van der Waals surface area contributed by atoms with E-state index in [1.54, 1.807) is 0 Å². The van der Waals surface area contributed by atoms with Crippen LogP contribution < -0.4 is 27.4 Å². The number of rotatable bonds is 6. The van der Waals surface area contributed by atoms with Gasteiger partial charge in [-0.25, -0.2) is 8.78 Å². The van der Waals surface area contributed by atoms with Crippen LogP contribution in [0, 0.1) is 17.3 Å². The molecular formula is C29H51F2N7O3. The number of halogens is 2. The van der Waals surface area contributed by atoms with Crippen molar-refractivity contribution in [3.8, 4) is 0 Å². The van der Waals surface area contributed by atoms with Gasteiger partial charge in [-0.3, -0.25) is 14.5 Å². The molecule has 5 fully saturated rings. The molecule has 6 atom stereocenters. The van der Waals surface area contributed by atoms with Gasteiger partial charge in [-0.1, -0.05) is 12.8 Å². The summed E-state index contributed by atoms with van der Waals surface area (Å²) in [6, 6.07) is -1.32. The van der Waals surface area contributed by atoms with Crippen LogP contribution in [0.15, 0.2) is 0 Å². The summed E-state index contributed by atoms with van der Waals surface area (Å²) < 4.78 is 35.5. The summed E-state index contributed by atoms with van der Waals surface area (Å²) >= 11 is 0. The van der Waals surface area contributed by atoms with E-state index in [0.717, 1.165) is 38.5 Å². The number of nitrogens with two attached hydrogens (primary N) is 2. The summed E-state index contributed by atoms with van der Waals surface area (Å²) in [5.41, 5.74) is 12.5. The summed E-state index contributed by atoms with van der Waals surface area (Å²) in [4.78, 5) is 30.9. The fraction of sp³-hybridized carbons (Fsp3) is 0.931. The molecule has 5 rings (SSSR count). The molecule has 1 aliphatic carbocycles. The van der Waals surface area contributed by atoms with E-state index in [2.05, 4.69) is 20.9 Å². The molecule has 0 bridgehead atoms. The number of carbonyl (C=O) groups excluding carboxylic acids is 2. The highest BCUT2D eigenvalue weighted by molar-refractivity contribution is 5.80. The number of hydrogen-bond donors (Lipinski definition) is 5. The Balaban J connectivity index is 1.24. The van der Waals surface area contributed by atoms with E-state index in [1.807, 2.05) is 4.90 Å². The average molecular weight is 584 g/mol. The Bertz CT molecular complexity index is 878. The Labute approximate surface area is 243 Å². The number of ether oxygens (including phenoxy) is 1. The van der Waals surface area contributed by atoms with E-state index in [4.69, 9.17) is 16.2 Å². The molecular weight excluding hydrogens is 532 g/mol. The van der Waals surface area contributed by atoms with Gasteiger partial charge in [0.05, 0.1) is 37.4 Å². The number of likely N-dealkylation sites (tertiary alicyclic amines) is 1. The SMILES string of the molecule is NC(N)C(C(=O)NC1CNCC(F)C1N1CCC(C(=O)N2CCOCC2)CC1)C1CC2(CCCC2)CCC(F)CN1. The fourth-order valence-corrected chi connectivity index (χ4v) is 8.20. The second kappa shape index (κ2) is 13.9. The molecule has 12 heteroatoms. The Morgan fingerprint density at radius 3 is 2.34 bits per heavy atom. The van der Waals surface area contributed by atoms with Crippen molar-refractivity contribution in [2.75, 3.05) is 59.0 Å². The highest BCUT2D eigenvalue weighted by Gasteiger charge is 2.45. The van der Waals surface area contributed by atoms with E-state index < -0.39 is 36.5 Å². The van der Waals surface area contributed by atoms with E-state index in [0.29, 0.717) is 65.2 Å². The first-order chi connectivity index (χ1) is 19.8. The second-order valence-corrected chi connectivity index (χ2v) is 13.2. The lowest BCUT2D eigenvalue weighted by Gasteiger charge is -2.46. The zero-order valence-corrected chi connectivity index (χ0v) is 24.4. The first-order valence-electron chi connectivity index (χ1n) is 15.9. The van der Waals surface area contributed by atoms with E-state index in [9.17, 15) is 14.0 Å². The molecule has 41 heavy (non-hydrogen) atoms. The number of amides is 2. The minimum absolute atomic E-state index is 0.0117. The van der Waals surface area contributed by atoms with Gasteiger partial charge in [0.2, 0.25) is 11.8 Å². The highest BCUT2D eigenvalue weighted by Crippen LogP contribution is 2.47. The molecule has 4 saturated heterocycles. The van der Waals surface area contributed by atoms with Crippen LogP contribution in [0.2, 0.25) is 0 Å². The van der Waals surface area contributed by atoms with Crippen LogP contribution >= 0.6 is 0 Å². The van der Waals surface area contributed by atoms with Crippen molar-refractivity contribution in [1.82, 2.24) is 25.8 Å². The summed E-state index contributed by atoms with van der Waals surface area (Å²) in [6.07, 6.45) is 4.69. The molecule has 10 nitrogen and oxygen atoms in total. The number of nitrogens with one attached hydrogen (secondary N) is 3. The van der Waals surface area contributed by atoms with E-state index in [1.165, 1.54) is 0 Å². The molecule has 0 aromatic rings. The van der Waals surface area contributed by atoms with Gasteiger partial charge in [0, 0.05) is 44.7 Å². The van der Waals surface area contributed by atoms with E-state index in [-0.39, 0.29) is 42.3 Å². The maximum atomic E-state index is 15.5. The largest absolute Gasteiger partial charge is 0.378 e. The Morgan fingerprint density at radius 1 is 0.951 bits per heavy atom. The molecule has 5 aliphatic rings. The van der Waals surface area contributed by atoms with Gasteiger partial charge in [0.15, 0.2) is 0 Å². The summed E-state index contributed by atoms with van der Waals surface area (Å²) in [5.74, 6) is -0.952. The molecule has 0 radical (unpaired) electrons. The minimum Gasteiger partial charge on any atom is -0.378 e. The number of nitrogens with zero attached hydrogens (tertiary/aromatic N) is 2. The Morgan fingerprint density at radius 2 is 1.66 bits per heavy atom. The van der Waals surface area contributed by atoms with Gasteiger partial charge < -0.3 is 37.1 Å². The lowest BCUT2D eigenvalue weighted by Crippen LogP contribution is -2.68. The standard InChI is InChI=1S/C29H51F2N7O3/c30-20-3-8-29(6-1-2-7-29)15-22(35-16-20)24(26(32)33)27(39)36-23-18-34-17-21(31)25(23)37-9-4-19(5-10-37)28(40)38-11-13-41-14-12-38/h19-26,34-35H,1-18,32-33H2,(H,36,39). The smallest absolute Gasteiger partial charge is 0.227 e. The van der Waals surface area contributed by atoms with Crippen LogP contribution in [0.3, 0.4) is 0 Å². The number of hydrogen-bond acceptors (Lipinski definition) is 8. The molecule has 4 heterocycles. The third kappa shape index (κ3) is 7.38. The quantitative estimate of drug-likeness (QED) is 0.281. The van der Waals surface area contributed by atoms with Crippen LogP contribution in [0.1, 0.15) is 57.8 Å². The van der Waals surface area contributed by atoms with Gasteiger partial charge in [0.25, 0.3) is 0 Å². The number of piperidine rings is 2. The van der Waals surface area contributed by atoms with Crippen LogP contribution in [-0.2, 0) is 14.3 Å². The molecule has 0 aromatic heterocycles. The van der Waals surface area contributed by atoms with Gasteiger partial charge in [0.1, 0.15) is 12.3 Å². The topological polar surface area (TPSA) is 138 Å². The predicted molar refractivity (Wildman–Crippen MR) is 152 cm³/mol. The number of carbonyl (C=O) groups is 2. The fourth-order valence-electron chi connectivity index (χ4n) is 8.20. The van der Waals surface area contributed by atoms with Crippen LogP contribution in [0.4, 0.5) is 8.78 Å². The third-order valence-electron chi connectivity index (χ3n) is 10.5. The van der Waals surface area contributed by atoms with Crippen molar-refractivity contribution >= 4 is 11.8 Å². The molecule has 6 unspecified atom stereocenters. The lowest BCUT2D eigenvalue weighted by atomic mass is 9.72. The van der Waals surface area contributed by atoms with Gasteiger partial charge >= 0.3 is 0 Å². The Kier molecular flexibility index (Phi) is 10.5. The number of morpholine rings is 1. The van der Waals surface area contributed by atoms with Gasteiger partial charge in [-0.05, 0) is 63.5 Å². The van der Waals surface area contributed by atoms with Crippen molar-refractivity contribution in [3.05, 3.63) is 0 Å². The second-order valence-electron chi connectivity index (χ2n) is 13.2. The maximum absolute atomic E-state index is 15.5. The maximum Gasteiger partial charge on any atom is 0.227 e. The first-order valence-corrected chi connectivity index (χ1v) is 15.9. The minimum atomic E-state index is -1.17. The Hall–Kier alpha value is -1.44. The summed E-state index contributed by atoms with van der Waals surface area (Å²) in [5, 5.41) is 9.55. The van der Waals surface area contributed by atoms with Crippen molar-refractivity contribution in [3.63, 3.8) is 0 Å². The monoisotopic (exact) mass is 583 g/mol. The summed E-state index contributed by atoms with van der Waals surface area (Å²) in [6.45, 7) is 4.43. The van der Waals surface area contributed by atoms with Gasteiger partial charge in [-0.15, -0.1) is 0 Å². The van der Waals surface area contributed by atoms with Crippen LogP contribution in [-0.4, -0.2) is 117 Å². The zero-order valence-electron chi connectivity index (χ0n) is 24.4. The molecule has 234 valence electrons. The molecule has 4 aliphatic heterocycles. The van der Waals surface area contributed by atoms with E-state index >= 15 is 4.39 Å². The number of alkyl halides is 2. The molecule has 1 saturated carbocycles. The highest BCUT2D eigenvalue weighted by atomic mass is 19.1. The normalized spacial score (nSPS) is 34.8. The van der Waals surface area contributed by atoms with Crippen molar-refractivity contribution in [1.29, 1.82) is 0 Å². The molecule has 7 N–H and O–H groups in total. The van der Waals surface area contributed by atoms with Crippen molar-refractivity contribution in [2.24, 2.45) is 28.7 Å². The first kappa shape index (κ1) is 31.0. The molecule has 0 aromatic carbocycles. The molecule has 1 spiro atoms. The van der Waals surface area contributed by atoms with Gasteiger partial charge in [-0.2, -0.15) is 0 Å².